The second kappa shape index (κ2) is 4.76. The third-order valence-corrected chi connectivity index (χ3v) is 3.16. The van der Waals surface area contributed by atoms with Crippen molar-refractivity contribution in [1.29, 1.82) is 0 Å². The Hall–Kier alpha value is -2.30. The summed E-state index contributed by atoms with van der Waals surface area (Å²) in [6, 6.07) is 7.86. The Balaban J connectivity index is 1.58. The molecule has 19 heavy (non-hydrogen) atoms. The lowest BCUT2D eigenvalue weighted by atomic mass is 10.1. The molecular weight excluding hydrogens is 244 g/mol. The van der Waals surface area contributed by atoms with E-state index in [1.165, 1.54) is 6.20 Å². The van der Waals surface area contributed by atoms with Crippen LogP contribution in [-0.2, 0) is 11.2 Å². The Labute approximate surface area is 110 Å². The van der Waals surface area contributed by atoms with Gasteiger partial charge in [0, 0.05) is 12.1 Å². The van der Waals surface area contributed by atoms with Gasteiger partial charge in [0.2, 0.25) is 0 Å². The van der Waals surface area contributed by atoms with Crippen molar-refractivity contribution in [1.82, 2.24) is 10.2 Å². The number of para-hydroxylation sites is 1. The summed E-state index contributed by atoms with van der Waals surface area (Å²) in [4.78, 5) is 11.8. The molecule has 5 heteroatoms. The highest BCUT2D eigenvalue weighted by Crippen LogP contribution is 2.28. The number of carbonyl (C=O) groups is 1. The zero-order chi connectivity index (χ0) is 13.2. The molecule has 0 fully saturated rings. The van der Waals surface area contributed by atoms with E-state index in [0.717, 1.165) is 17.7 Å². The molecule has 0 unspecified atom stereocenters. The van der Waals surface area contributed by atoms with Gasteiger partial charge in [-0.3, -0.25) is 5.10 Å². The molecule has 1 aromatic carbocycles. The molecule has 0 bridgehead atoms. The van der Waals surface area contributed by atoms with Crippen LogP contribution in [0.1, 0.15) is 21.6 Å². The zero-order valence-corrected chi connectivity index (χ0v) is 10.6. The highest BCUT2D eigenvalue weighted by atomic mass is 16.6. The van der Waals surface area contributed by atoms with Crippen LogP contribution in [-0.4, -0.2) is 28.9 Å². The van der Waals surface area contributed by atoms with Crippen molar-refractivity contribution in [3.63, 3.8) is 0 Å². The largest absolute Gasteiger partial charge is 0.486 e. The Morgan fingerprint density at radius 3 is 3.11 bits per heavy atom. The van der Waals surface area contributed by atoms with Gasteiger partial charge < -0.3 is 9.47 Å². The number of ether oxygens (including phenoxy) is 2. The third kappa shape index (κ3) is 2.31. The van der Waals surface area contributed by atoms with E-state index in [-0.39, 0.29) is 18.7 Å². The standard InChI is InChI=1S/C14H14N2O3/c1-9-12(7-15-16-9)14(17)18-8-11-6-10-4-2-3-5-13(10)19-11/h2-5,7,11H,6,8H2,1H3,(H,15,16)/t11-/m0/s1. The minimum Gasteiger partial charge on any atom is -0.486 e. The summed E-state index contributed by atoms with van der Waals surface area (Å²) in [6.07, 6.45) is 2.14. The van der Waals surface area contributed by atoms with E-state index in [2.05, 4.69) is 10.2 Å². The number of aromatic amines is 1. The van der Waals surface area contributed by atoms with Gasteiger partial charge in [0.25, 0.3) is 0 Å². The van der Waals surface area contributed by atoms with Crippen LogP contribution in [0.2, 0.25) is 0 Å². The summed E-state index contributed by atoms with van der Waals surface area (Å²) >= 11 is 0. The minimum atomic E-state index is -0.370. The van der Waals surface area contributed by atoms with Crippen LogP contribution in [0.3, 0.4) is 0 Å². The molecule has 1 N–H and O–H groups in total. The van der Waals surface area contributed by atoms with Crippen LogP contribution in [0.4, 0.5) is 0 Å². The van der Waals surface area contributed by atoms with Crippen molar-refractivity contribution >= 4 is 5.97 Å². The highest BCUT2D eigenvalue weighted by Gasteiger charge is 2.24. The fraction of sp³-hybridized carbons (Fsp3) is 0.286. The lowest BCUT2D eigenvalue weighted by Crippen LogP contribution is -2.23. The van der Waals surface area contributed by atoms with Gasteiger partial charge in [-0.15, -0.1) is 0 Å². The smallest absolute Gasteiger partial charge is 0.341 e. The maximum absolute atomic E-state index is 11.8. The predicted octanol–water partition coefficient (Wildman–Crippen LogP) is 1.88. The fourth-order valence-corrected chi connectivity index (χ4v) is 2.15. The third-order valence-electron chi connectivity index (χ3n) is 3.16. The monoisotopic (exact) mass is 258 g/mol. The molecule has 5 nitrogen and oxygen atoms in total. The average molecular weight is 258 g/mol. The number of fused-ring (bicyclic) bond motifs is 1. The van der Waals surface area contributed by atoms with Gasteiger partial charge in [-0.05, 0) is 18.6 Å². The van der Waals surface area contributed by atoms with E-state index < -0.39 is 0 Å². The average Bonchev–Trinajstić information content (AvgIpc) is 3.01. The summed E-state index contributed by atoms with van der Waals surface area (Å²) in [5.41, 5.74) is 2.33. The van der Waals surface area contributed by atoms with Crippen LogP contribution < -0.4 is 4.74 Å². The maximum Gasteiger partial charge on any atom is 0.341 e. The SMILES string of the molecule is Cc1[nH]ncc1C(=O)OC[C@@H]1Cc2ccccc2O1. The summed E-state index contributed by atoms with van der Waals surface area (Å²) < 4.78 is 11.0. The van der Waals surface area contributed by atoms with E-state index in [0.29, 0.717) is 11.3 Å². The van der Waals surface area contributed by atoms with Gasteiger partial charge in [0.15, 0.2) is 0 Å². The molecule has 0 saturated carbocycles. The van der Waals surface area contributed by atoms with Crippen LogP contribution in [0.25, 0.3) is 0 Å². The number of H-pyrrole nitrogens is 1. The Morgan fingerprint density at radius 2 is 2.37 bits per heavy atom. The number of aryl methyl sites for hydroxylation is 1. The fourth-order valence-electron chi connectivity index (χ4n) is 2.15. The van der Waals surface area contributed by atoms with Crippen LogP contribution in [0, 0.1) is 6.92 Å². The first kappa shape index (κ1) is 11.8. The first-order valence-corrected chi connectivity index (χ1v) is 6.15. The molecule has 3 rings (SSSR count). The topological polar surface area (TPSA) is 64.2 Å². The number of aromatic nitrogens is 2. The van der Waals surface area contributed by atoms with E-state index in [1.54, 1.807) is 6.92 Å². The predicted molar refractivity (Wildman–Crippen MR) is 68.2 cm³/mol. The number of nitrogens with zero attached hydrogens (tertiary/aromatic N) is 1. The number of hydrogen-bond donors (Lipinski definition) is 1. The van der Waals surface area contributed by atoms with E-state index in [9.17, 15) is 4.79 Å². The lowest BCUT2D eigenvalue weighted by Gasteiger charge is -2.10. The number of rotatable bonds is 3. The highest BCUT2D eigenvalue weighted by molar-refractivity contribution is 5.90. The number of esters is 1. The normalized spacial score (nSPS) is 16.8. The first-order valence-electron chi connectivity index (χ1n) is 6.15. The van der Waals surface area contributed by atoms with E-state index >= 15 is 0 Å². The molecule has 0 amide bonds. The Morgan fingerprint density at radius 1 is 1.53 bits per heavy atom. The second-order valence-corrected chi connectivity index (χ2v) is 4.56. The van der Waals surface area contributed by atoms with Gasteiger partial charge in [-0.25, -0.2) is 4.79 Å². The van der Waals surface area contributed by atoms with E-state index in [1.807, 2.05) is 24.3 Å². The zero-order valence-electron chi connectivity index (χ0n) is 10.6. The van der Waals surface area contributed by atoms with Gasteiger partial charge in [-0.2, -0.15) is 5.10 Å². The molecule has 0 spiro atoms. The molecule has 1 aliphatic rings. The van der Waals surface area contributed by atoms with Crippen LogP contribution in [0.5, 0.6) is 5.75 Å². The number of hydrogen-bond acceptors (Lipinski definition) is 4. The molecule has 1 aliphatic heterocycles. The molecule has 1 atom stereocenters. The van der Waals surface area contributed by atoms with Gasteiger partial charge in [0.05, 0.1) is 6.20 Å². The van der Waals surface area contributed by atoms with Crippen molar-refractivity contribution < 1.29 is 14.3 Å². The number of nitrogens with one attached hydrogen (secondary N) is 1. The van der Waals surface area contributed by atoms with Crippen molar-refractivity contribution in [3.05, 3.63) is 47.3 Å². The molecule has 1 aromatic heterocycles. The van der Waals surface area contributed by atoms with Gasteiger partial charge in [0.1, 0.15) is 24.0 Å². The Kier molecular flexibility index (Phi) is 2.95. The van der Waals surface area contributed by atoms with Crippen LogP contribution in [0.15, 0.2) is 30.5 Å². The number of benzene rings is 1. The first-order chi connectivity index (χ1) is 9.24. The number of carbonyl (C=O) groups excluding carboxylic acids is 1. The van der Waals surface area contributed by atoms with Crippen molar-refractivity contribution in [2.45, 2.75) is 19.4 Å². The molecule has 98 valence electrons. The van der Waals surface area contributed by atoms with Crippen molar-refractivity contribution in [2.24, 2.45) is 0 Å². The van der Waals surface area contributed by atoms with Crippen molar-refractivity contribution in [2.75, 3.05) is 6.61 Å². The summed E-state index contributed by atoms with van der Waals surface area (Å²) in [5, 5.41) is 6.51. The minimum absolute atomic E-state index is 0.103. The molecule has 2 aromatic rings. The summed E-state index contributed by atoms with van der Waals surface area (Å²) in [6.45, 7) is 2.03. The Bertz CT molecular complexity index is 581. The van der Waals surface area contributed by atoms with Gasteiger partial charge >= 0.3 is 5.97 Å². The molecule has 0 saturated heterocycles. The lowest BCUT2D eigenvalue weighted by molar-refractivity contribution is 0.0346. The quantitative estimate of drug-likeness (QED) is 0.854. The molecule has 2 heterocycles. The molecule has 0 radical (unpaired) electrons. The van der Waals surface area contributed by atoms with E-state index in [4.69, 9.17) is 9.47 Å². The molecule has 0 aliphatic carbocycles. The maximum atomic E-state index is 11.8. The molecular formula is C14H14N2O3. The second-order valence-electron chi connectivity index (χ2n) is 4.56. The van der Waals surface area contributed by atoms with Crippen LogP contribution >= 0.6 is 0 Å². The van der Waals surface area contributed by atoms with Gasteiger partial charge in [-0.1, -0.05) is 18.2 Å². The summed E-state index contributed by atoms with van der Waals surface area (Å²) in [5.74, 6) is 0.508. The summed E-state index contributed by atoms with van der Waals surface area (Å²) in [7, 11) is 0. The van der Waals surface area contributed by atoms with Crippen molar-refractivity contribution in [3.8, 4) is 5.75 Å².